The Bertz CT molecular complexity index is 345. The second kappa shape index (κ2) is 6.84. The highest BCUT2D eigenvalue weighted by Gasteiger charge is 2.27. The van der Waals surface area contributed by atoms with Gasteiger partial charge in [-0.2, -0.15) is 0 Å². The van der Waals surface area contributed by atoms with Crippen LogP contribution in [0.3, 0.4) is 0 Å². The molecule has 0 radical (unpaired) electrons. The molecule has 0 spiro atoms. The van der Waals surface area contributed by atoms with Crippen LogP contribution in [0.1, 0.15) is 32.6 Å². The summed E-state index contributed by atoms with van der Waals surface area (Å²) in [4.78, 5) is 0. The fourth-order valence-corrected chi connectivity index (χ4v) is 3.51. The Kier molecular flexibility index (Phi) is 6.04. The second-order valence-corrected chi connectivity index (χ2v) is 7.39. The van der Waals surface area contributed by atoms with E-state index in [9.17, 15) is 8.42 Å². The Labute approximate surface area is 111 Å². The van der Waals surface area contributed by atoms with Crippen molar-refractivity contribution < 1.29 is 13.2 Å². The first-order valence-electron chi connectivity index (χ1n) is 6.56. The number of ether oxygens (including phenoxy) is 1. The van der Waals surface area contributed by atoms with Crippen LogP contribution in [-0.4, -0.2) is 51.3 Å². The third-order valence-electron chi connectivity index (χ3n) is 3.62. The zero-order valence-corrected chi connectivity index (χ0v) is 12.4. The number of nitrogens with zero attached hydrogens (tertiary/aromatic N) is 1. The van der Waals surface area contributed by atoms with Crippen molar-refractivity contribution >= 4 is 10.0 Å². The quantitative estimate of drug-likeness (QED) is 0.780. The summed E-state index contributed by atoms with van der Waals surface area (Å²) in [5.74, 6) is 0.382. The molecule has 0 bridgehead atoms. The van der Waals surface area contributed by atoms with E-state index in [1.807, 2.05) is 6.92 Å². The minimum atomic E-state index is -3.05. The van der Waals surface area contributed by atoms with Crippen LogP contribution in [0.25, 0.3) is 0 Å². The number of piperidine rings is 1. The summed E-state index contributed by atoms with van der Waals surface area (Å²) < 4.78 is 29.8. The third-order valence-corrected chi connectivity index (χ3v) is 4.89. The minimum Gasteiger partial charge on any atom is -0.382 e. The molecule has 0 aromatic rings. The predicted molar refractivity (Wildman–Crippen MR) is 72.8 cm³/mol. The molecule has 1 heterocycles. The molecular formula is C12H26N2O3S. The fraction of sp³-hybridized carbons (Fsp3) is 1.00. The smallest absolute Gasteiger partial charge is 0.211 e. The second-order valence-electron chi connectivity index (χ2n) is 5.41. The van der Waals surface area contributed by atoms with Gasteiger partial charge in [-0.25, -0.2) is 12.7 Å². The summed E-state index contributed by atoms with van der Waals surface area (Å²) >= 11 is 0. The average Bonchev–Trinajstić information content (AvgIpc) is 2.27. The molecular weight excluding hydrogens is 252 g/mol. The Balaban J connectivity index is 2.43. The maximum absolute atomic E-state index is 11.5. The molecule has 0 aromatic carbocycles. The molecule has 5 nitrogen and oxygen atoms in total. The molecule has 3 atom stereocenters. The molecule has 0 amide bonds. The maximum Gasteiger partial charge on any atom is 0.211 e. The van der Waals surface area contributed by atoms with Crippen LogP contribution in [0.15, 0.2) is 0 Å². The van der Waals surface area contributed by atoms with Crippen LogP contribution >= 0.6 is 0 Å². The van der Waals surface area contributed by atoms with Gasteiger partial charge in [-0.3, -0.25) is 0 Å². The van der Waals surface area contributed by atoms with Crippen LogP contribution in [0.5, 0.6) is 0 Å². The van der Waals surface area contributed by atoms with E-state index in [2.05, 4.69) is 0 Å². The number of methoxy groups -OCH3 is 1. The highest BCUT2D eigenvalue weighted by Crippen LogP contribution is 2.23. The molecule has 1 aliphatic rings. The Morgan fingerprint density at radius 2 is 2.17 bits per heavy atom. The molecule has 0 aliphatic carbocycles. The molecule has 1 rings (SSSR count). The van der Waals surface area contributed by atoms with Gasteiger partial charge in [0, 0.05) is 26.2 Å². The normalized spacial score (nSPS) is 25.9. The summed E-state index contributed by atoms with van der Waals surface area (Å²) in [7, 11) is -1.37. The first-order valence-corrected chi connectivity index (χ1v) is 8.41. The monoisotopic (exact) mass is 278 g/mol. The van der Waals surface area contributed by atoms with Crippen LogP contribution in [0.4, 0.5) is 0 Å². The van der Waals surface area contributed by atoms with Crippen LogP contribution in [0, 0.1) is 5.92 Å². The van der Waals surface area contributed by atoms with E-state index in [1.165, 1.54) is 6.26 Å². The van der Waals surface area contributed by atoms with Crippen molar-refractivity contribution in [1.29, 1.82) is 0 Å². The summed E-state index contributed by atoms with van der Waals surface area (Å²) in [6.45, 7) is 3.27. The lowest BCUT2D eigenvalue weighted by Gasteiger charge is -2.32. The van der Waals surface area contributed by atoms with Gasteiger partial charge in [0.05, 0.1) is 12.4 Å². The van der Waals surface area contributed by atoms with Gasteiger partial charge < -0.3 is 10.5 Å². The highest BCUT2D eigenvalue weighted by molar-refractivity contribution is 7.88. The predicted octanol–water partition coefficient (Wildman–Crippen LogP) is 0.800. The first-order chi connectivity index (χ1) is 8.32. The Morgan fingerprint density at radius 1 is 1.50 bits per heavy atom. The van der Waals surface area contributed by atoms with Gasteiger partial charge >= 0.3 is 0 Å². The lowest BCUT2D eigenvalue weighted by Crippen LogP contribution is -2.41. The summed E-state index contributed by atoms with van der Waals surface area (Å²) in [5.41, 5.74) is 6.09. The Morgan fingerprint density at radius 3 is 2.72 bits per heavy atom. The SMILES string of the molecule is COC(C)CC(N)CC1CCCN(S(C)(=O)=O)C1. The number of hydrogen-bond donors (Lipinski definition) is 1. The molecule has 108 valence electrons. The van der Waals surface area contributed by atoms with E-state index in [-0.39, 0.29) is 12.1 Å². The van der Waals surface area contributed by atoms with Crippen LogP contribution < -0.4 is 5.73 Å². The summed E-state index contributed by atoms with van der Waals surface area (Å²) in [6.07, 6.45) is 5.15. The van der Waals surface area contributed by atoms with Gasteiger partial charge in [0.25, 0.3) is 0 Å². The molecule has 18 heavy (non-hydrogen) atoms. The number of hydrogen-bond acceptors (Lipinski definition) is 4. The van der Waals surface area contributed by atoms with Crippen LogP contribution in [-0.2, 0) is 14.8 Å². The van der Waals surface area contributed by atoms with Gasteiger partial charge in [0.2, 0.25) is 10.0 Å². The van der Waals surface area contributed by atoms with Gasteiger partial charge in [-0.15, -0.1) is 0 Å². The maximum atomic E-state index is 11.5. The Hall–Kier alpha value is -0.170. The average molecular weight is 278 g/mol. The van der Waals surface area contributed by atoms with Gasteiger partial charge in [-0.05, 0) is 38.5 Å². The highest BCUT2D eigenvalue weighted by atomic mass is 32.2. The number of sulfonamides is 1. The van der Waals surface area contributed by atoms with Crippen molar-refractivity contribution in [3.63, 3.8) is 0 Å². The molecule has 2 N–H and O–H groups in total. The zero-order chi connectivity index (χ0) is 13.8. The summed E-state index contributed by atoms with van der Waals surface area (Å²) in [5, 5.41) is 0. The topological polar surface area (TPSA) is 72.6 Å². The van der Waals surface area contributed by atoms with Gasteiger partial charge in [0.15, 0.2) is 0 Å². The van der Waals surface area contributed by atoms with E-state index in [1.54, 1.807) is 11.4 Å². The van der Waals surface area contributed by atoms with E-state index < -0.39 is 10.0 Å². The van der Waals surface area contributed by atoms with Crippen molar-refractivity contribution in [2.75, 3.05) is 26.5 Å². The fourth-order valence-electron chi connectivity index (χ4n) is 2.57. The van der Waals surface area contributed by atoms with E-state index >= 15 is 0 Å². The van der Waals surface area contributed by atoms with Gasteiger partial charge in [-0.1, -0.05) is 0 Å². The molecule has 0 saturated carbocycles. The van der Waals surface area contributed by atoms with Crippen molar-refractivity contribution in [3.05, 3.63) is 0 Å². The van der Waals surface area contributed by atoms with Crippen LogP contribution in [0.2, 0.25) is 0 Å². The van der Waals surface area contributed by atoms with Crippen molar-refractivity contribution in [3.8, 4) is 0 Å². The van der Waals surface area contributed by atoms with E-state index in [0.717, 1.165) is 25.7 Å². The van der Waals surface area contributed by atoms with Crippen molar-refractivity contribution in [1.82, 2.24) is 4.31 Å². The molecule has 6 heteroatoms. The third kappa shape index (κ3) is 5.22. The number of nitrogens with two attached hydrogens (primary N) is 1. The summed E-state index contributed by atoms with van der Waals surface area (Å²) in [6, 6.07) is 0.0875. The van der Waals surface area contributed by atoms with E-state index in [4.69, 9.17) is 10.5 Å². The number of rotatable bonds is 6. The largest absolute Gasteiger partial charge is 0.382 e. The van der Waals surface area contributed by atoms with E-state index in [0.29, 0.717) is 19.0 Å². The van der Waals surface area contributed by atoms with Crippen molar-refractivity contribution in [2.24, 2.45) is 11.7 Å². The zero-order valence-electron chi connectivity index (χ0n) is 11.6. The molecule has 1 fully saturated rings. The molecule has 3 unspecified atom stereocenters. The molecule has 0 aromatic heterocycles. The molecule has 1 aliphatic heterocycles. The van der Waals surface area contributed by atoms with Gasteiger partial charge in [0.1, 0.15) is 0 Å². The minimum absolute atomic E-state index is 0.0875. The van der Waals surface area contributed by atoms with Crippen molar-refractivity contribution in [2.45, 2.75) is 44.8 Å². The molecule has 1 saturated heterocycles. The standard InChI is InChI=1S/C12H26N2O3S/c1-10(17-2)7-12(13)8-11-5-4-6-14(9-11)18(3,15)16/h10-12H,4-9,13H2,1-3H3. The lowest BCUT2D eigenvalue weighted by molar-refractivity contribution is 0.0999. The first kappa shape index (κ1) is 15.9. The lowest BCUT2D eigenvalue weighted by atomic mass is 9.91.